The molecule has 1 aliphatic carbocycles. The van der Waals surface area contributed by atoms with Crippen LogP contribution in [0.2, 0.25) is 5.02 Å². The molecule has 0 radical (unpaired) electrons. The van der Waals surface area contributed by atoms with E-state index in [1.165, 1.54) is 32.1 Å². The number of nitrogens with zero attached hydrogens (tertiary/aromatic N) is 2. The Morgan fingerprint density at radius 3 is 2.70 bits per heavy atom. The van der Waals surface area contributed by atoms with Gasteiger partial charge in [-0.3, -0.25) is 4.68 Å². The summed E-state index contributed by atoms with van der Waals surface area (Å²) in [4.78, 5) is 0. The summed E-state index contributed by atoms with van der Waals surface area (Å²) in [5.41, 5.74) is 9.54. The number of hydrogen-bond donors (Lipinski definition) is 1. The van der Waals surface area contributed by atoms with Gasteiger partial charge in [0.15, 0.2) is 0 Å². The summed E-state index contributed by atoms with van der Waals surface area (Å²) in [7, 11) is 1.91. The van der Waals surface area contributed by atoms with Crippen molar-refractivity contribution in [3.63, 3.8) is 0 Å². The number of nitrogen functional groups attached to an aromatic ring is 1. The second-order valence-electron chi connectivity index (χ2n) is 5.61. The summed E-state index contributed by atoms with van der Waals surface area (Å²) in [6, 6.07) is 7.89. The van der Waals surface area contributed by atoms with Crippen LogP contribution in [0.4, 0.5) is 5.82 Å². The number of halogens is 1. The van der Waals surface area contributed by atoms with Crippen LogP contribution in [0.15, 0.2) is 24.3 Å². The third-order valence-corrected chi connectivity index (χ3v) is 4.46. The molecule has 1 fully saturated rings. The van der Waals surface area contributed by atoms with Crippen LogP contribution in [0, 0.1) is 0 Å². The van der Waals surface area contributed by atoms with Crippen LogP contribution >= 0.6 is 11.6 Å². The minimum atomic E-state index is 0.529. The average molecular weight is 290 g/mol. The summed E-state index contributed by atoms with van der Waals surface area (Å²) in [6.07, 6.45) is 6.34. The first-order valence-corrected chi connectivity index (χ1v) is 7.63. The van der Waals surface area contributed by atoms with E-state index in [9.17, 15) is 0 Å². The second-order valence-corrected chi connectivity index (χ2v) is 6.05. The van der Waals surface area contributed by atoms with Gasteiger partial charge in [-0.15, -0.1) is 0 Å². The molecule has 1 aliphatic rings. The van der Waals surface area contributed by atoms with Gasteiger partial charge in [-0.25, -0.2) is 0 Å². The van der Waals surface area contributed by atoms with Gasteiger partial charge in [0.25, 0.3) is 0 Å². The Morgan fingerprint density at radius 2 is 2.00 bits per heavy atom. The number of aromatic nitrogens is 2. The van der Waals surface area contributed by atoms with Crippen molar-refractivity contribution >= 4 is 17.4 Å². The van der Waals surface area contributed by atoms with E-state index in [-0.39, 0.29) is 0 Å². The van der Waals surface area contributed by atoms with E-state index in [0.717, 1.165) is 27.7 Å². The smallest absolute Gasteiger partial charge is 0.129 e. The molecule has 0 spiro atoms. The van der Waals surface area contributed by atoms with Gasteiger partial charge < -0.3 is 5.73 Å². The highest BCUT2D eigenvalue weighted by atomic mass is 35.5. The Bertz CT molecular complexity index is 612. The first-order valence-electron chi connectivity index (χ1n) is 7.25. The quantitative estimate of drug-likeness (QED) is 0.892. The molecular formula is C16H20ClN3. The molecule has 1 saturated carbocycles. The lowest BCUT2D eigenvalue weighted by molar-refractivity contribution is 0.434. The SMILES string of the molecule is Cn1nc(C2CCCCC2)c(-c2cccc(Cl)c2)c1N. The van der Waals surface area contributed by atoms with Crippen molar-refractivity contribution in [1.29, 1.82) is 0 Å². The minimum absolute atomic E-state index is 0.529. The zero-order valence-electron chi connectivity index (χ0n) is 11.8. The lowest BCUT2D eigenvalue weighted by atomic mass is 9.84. The molecule has 4 heteroatoms. The summed E-state index contributed by atoms with van der Waals surface area (Å²) in [5, 5.41) is 5.42. The topological polar surface area (TPSA) is 43.8 Å². The van der Waals surface area contributed by atoms with Crippen molar-refractivity contribution in [3.05, 3.63) is 35.0 Å². The zero-order chi connectivity index (χ0) is 14.1. The van der Waals surface area contributed by atoms with Crippen LogP contribution in [-0.2, 0) is 7.05 Å². The Hall–Kier alpha value is -1.48. The normalized spacial score (nSPS) is 16.5. The molecule has 0 bridgehead atoms. The minimum Gasteiger partial charge on any atom is -0.383 e. The monoisotopic (exact) mass is 289 g/mol. The van der Waals surface area contributed by atoms with Gasteiger partial charge in [0.2, 0.25) is 0 Å². The Morgan fingerprint density at radius 1 is 1.25 bits per heavy atom. The summed E-state index contributed by atoms with van der Waals surface area (Å²) in [5.74, 6) is 1.26. The van der Waals surface area contributed by atoms with Gasteiger partial charge in [-0.2, -0.15) is 5.10 Å². The van der Waals surface area contributed by atoms with Crippen molar-refractivity contribution in [2.24, 2.45) is 7.05 Å². The molecule has 0 aliphatic heterocycles. The number of anilines is 1. The Kier molecular flexibility index (Phi) is 3.70. The first-order chi connectivity index (χ1) is 9.66. The maximum absolute atomic E-state index is 6.25. The zero-order valence-corrected chi connectivity index (χ0v) is 12.5. The van der Waals surface area contributed by atoms with Crippen LogP contribution in [0.1, 0.15) is 43.7 Å². The number of aryl methyl sites for hydroxylation is 1. The third kappa shape index (κ3) is 2.42. The van der Waals surface area contributed by atoms with Crippen LogP contribution < -0.4 is 5.73 Å². The van der Waals surface area contributed by atoms with Crippen molar-refractivity contribution in [3.8, 4) is 11.1 Å². The van der Waals surface area contributed by atoms with E-state index in [2.05, 4.69) is 11.2 Å². The highest BCUT2D eigenvalue weighted by Gasteiger charge is 2.25. The largest absolute Gasteiger partial charge is 0.383 e. The molecule has 1 aromatic heterocycles. The highest BCUT2D eigenvalue weighted by molar-refractivity contribution is 6.30. The van der Waals surface area contributed by atoms with Gasteiger partial charge >= 0.3 is 0 Å². The van der Waals surface area contributed by atoms with Gasteiger partial charge in [0.1, 0.15) is 5.82 Å². The standard InChI is InChI=1S/C16H20ClN3/c1-20-16(18)14(12-8-5-9-13(17)10-12)15(19-20)11-6-3-2-4-7-11/h5,8-11H,2-4,6-7,18H2,1H3. The molecule has 20 heavy (non-hydrogen) atoms. The summed E-state index contributed by atoms with van der Waals surface area (Å²) < 4.78 is 1.79. The number of rotatable bonds is 2. The molecule has 0 atom stereocenters. The molecule has 3 nitrogen and oxygen atoms in total. The summed E-state index contributed by atoms with van der Waals surface area (Å²) >= 11 is 6.12. The van der Waals surface area contributed by atoms with E-state index in [0.29, 0.717) is 5.92 Å². The fourth-order valence-electron chi connectivity index (χ4n) is 3.16. The maximum Gasteiger partial charge on any atom is 0.129 e. The van der Waals surface area contributed by atoms with E-state index in [4.69, 9.17) is 17.3 Å². The lowest BCUT2D eigenvalue weighted by Crippen LogP contribution is -2.06. The molecular weight excluding hydrogens is 270 g/mol. The molecule has 3 rings (SSSR count). The molecule has 0 unspecified atom stereocenters. The molecule has 1 heterocycles. The molecule has 1 aromatic carbocycles. The predicted molar refractivity (Wildman–Crippen MR) is 83.9 cm³/mol. The van der Waals surface area contributed by atoms with E-state index >= 15 is 0 Å². The van der Waals surface area contributed by atoms with Gasteiger partial charge in [0, 0.05) is 23.6 Å². The van der Waals surface area contributed by atoms with E-state index in [1.54, 1.807) is 4.68 Å². The number of hydrogen-bond acceptors (Lipinski definition) is 2. The average Bonchev–Trinajstić information content (AvgIpc) is 2.76. The third-order valence-electron chi connectivity index (χ3n) is 4.22. The number of nitrogens with two attached hydrogens (primary N) is 1. The molecule has 106 valence electrons. The Balaban J connectivity index is 2.09. The predicted octanol–water partition coefficient (Wildman–Crippen LogP) is 4.37. The van der Waals surface area contributed by atoms with E-state index < -0.39 is 0 Å². The molecule has 2 N–H and O–H groups in total. The van der Waals surface area contributed by atoms with Gasteiger partial charge in [-0.05, 0) is 30.5 Å². The second kappa shape index (κ2) is 5.49. The molecule has 0 amide bonds. The fraction of sp³-hybridized carbons (Fsp3) is 0.438. The van der Waals surface area contributed by atoms with Crippen LogP contribution in [0.5, 0.6) is 0 Å². The summed E-state index contributed by atoms with van der Waals surface area (Å²) in [6.45, 7) is 0. The van der Waals surface area contributed by atoms with Gasteiger partial charge in [-0.1, -0.05) is 43.0 Å². The first kappa shape index (κ1) is 13.5. The fourth-order valence-corrected chi connectivity index (χ4v) is 3.35. The van der Waals surface area contributed by atoms with Crippen molar-refractivity contribution in [2.45, 2.75) is 38.0 Å². The number of benzene rings is 1. The van der Waals surface area contributed by atoms with Crippen LogP contribution in [0.25, 0.3) is 11.1 Å². The van der Waals surface area contributed by atoms with Crippen molar-refractivity contribution in [2.75, 3.05) is 5.73 Å². The van der Waals surface area contributed by atoms with Crippen LogP contribution in [0.3, 0.4) is 0 Å². The molecule has 0 saturated heterocycles. The van der Waals surface area contributed by atoms with Crippen molar-refractivity contribution in [1.82, 2.24) is 9.78 Å². The lowest BCUT2D eigenvalue weighted by Gasteiger charge is -2.21. The Labute approximate surface area is 124 Å². The van der Waals surface area contributed by atoms with Gasteiger partial charge in [0.05, 0.1) is 5.69 Å². The maximum atomic E-state index is 6.25. The van der Waals surface area contributed by atoms with E-state index in [1.807, 2.05) is 25.2 Å². The highest BCUT2D eigenvalue weighted by Crippen LogP contribution is 2.40. The van der Waals surface area contributed by atoms with Crippen LogP contribution in [-0.4, -0.2) is 9.78 Å². The molecule has 2 aromatic rings. The van der Waals surface area contributed by atoms with Crippen molar-refractivity contribution < 1.29 is 0 Å².